The van der Waals surface area contributed by atoms with Gasteiger partial charge in [-0.1, -0.05) is 0 Å². The Labute approximate surface area is 87.6 Å². The number of nitrogens with one attached hydrogen (secondary N) is 1. The van der Waals surface area contributed by atoms with E-state index in [1.807, 2.05) is 5.32 Å². The minimum atomic E-state index is 0. The molecule has 0 aromatic carbocycles. The average Bonchev–Trinajstić information content (AvgIpc) is 1.37. The van der Waals surface area contributed by atoms with Gasteiger partial charge in [0, 0.05) is 65.4 Å². The van der Waals surface area contributed by atoms with Gasteiger partial charge in [0.1, 0.15) is 0 Å². The van der Waals surface area contributed by atoms with Crippen molar-refractivity contribution >= 4 is 6.41 Å². The Bertz CT molecular complexity index is 25.5. The predicted molar refractivity (Wildman–Crippen MR) is 14.2 cm³/mol. The zero-order valence-electron chi connectivity index (χ0n) is 3.27. The van der Waals surface area contributed by atoms with E-state index >= 15 is 0 Å². The van der Waals surface area contributed by atoms with Gasteiger partial charge in [-0.05, 0) is 0 Å². The summed E-state index contributed by atoms with van der Waals surface area (Å²) < 4.78 is 0. The third-order valence-electron chi connectivity index (χ3n) is 0.0722. The van der Waals surface area contributed by atoms with Crippen LogP contribution in [0.1, 0.15) is 0 Å². The molecule has 0 unspecified atom stereocenters. The van der Waals surface area contributed by atoms with Gasteiger partial charge in [-0.15, -0.1) is 0 Å². The minimum Gasteiger partial charge on any atom is -0.681 e. The Morgan fingerprint density at radius 2 is 1.67 bits per heavy atom. The van der Waals surface area contributed by atoms with Crippen LogP contribution in [-0.2, 0) is 70.2 Å². The van der Waals surface area contributed by atoms with Crippen LogP contribution in [0.25, 0.3) is 0 Å². The second-order valence-electron chi connectivity index (χ2n) is 0.279. The summed E-state index contributed by atoms with van der Waals surface area (Å²) in [6, 6.07) is 0. The summed E-state index contributed by atoms with van der Waals surface area (Å²) in [5, 5.41) is 1.88. The van der Waals surface area contributed by atoms with Gasteiger partial charge in [0.2, 0.25) is 0 Å². The smallest absolute Gasteiger partial charge is 0 e. The van der Waals surface area contributed by atoms with E-state index in [4.69, 9.17) is 4.79 Å². The van der Waals surface area contributed by atoms with Crippen molar-refractivity contribution in [3.63, 3.8) is 0 Å². The summed E-state index contributed by atoms with van der Waals surface area (Å²) in [4.78, 5) is 8.88. The molecule has 0 fully saturated rings. The van der Waals surface area contributed by atoms with Crippen LogP contribution in [0.15, 0.2) is 0 Å². The largest absolute Gasteiger partial charge is 0.681 e. The molecule has 0 aliphatic heterocycles. The molecule has 1 amide bonds. The van der Waals surface area contributed by atoms with E-state index in [1.54, 1.807) is 0 Å². The number of hydrogen-bond acceptors (Lipinski definition) is 1. The Hall–Kier alpha value is 1.68. The first-order valence-electron chi connectivity index (χ1n) is 0.808. The first-order valence-corrected chi connectivity index (χ1v) is 0.808. The summed E-state index contributed by atoms with van der Waals surface area (Å²) >= 11 is 0. The van der Waals surface area contributed by atoms with E-state index in [0.717, 1.165) is 0 Å². The van der Waals surface area contributed by atoms with Crippen molar-refractivity contribution in [2.45, 2.75) is 0 Å². The van der Waals surface area contributed by atoms with Crippen LogP contribution >= 0.6 is 0 Å². The van der Waals surface area contributed by atoms with Crippen LogP contribution in [0.5, 0.6) is 0 Å². The number of amides is 1. The van der Waals surface area contributed by atoms with Crippen molar-refractivity contribution in [1.29, 1.82) is 0 Å². The van der Waals surface area contributed by atoms with Crippen molar-refractivity contribution in [2.75, 3.05) is 0 Å². The number of rotatable bonds is 1. The number of carbonyl (C=O) groups excluding carboxylic acids is 1. The Balaban J connectivity index is -0.0000000450. The van der Waals surface area contributed by atoms with Crippen molar-refractivity contribution < 1.29 is 70.2 Å². The molecule has 6 heavy (non-hydrogen) atoms. The fraction of sp³-hybridized carbons (Fsp3) is 0. The molecule has 0 saturated heterocycles. The fourth-order valence-corrected chi connectivity index (χ4v) is 0. The van der Waals surface area contributed by atoms with Crippen LogP contribution in [-0.4, -0.2) is 6.41 Å². The average molecular weight is 235 g/mol. The first kappa shape index (κ1) is 15.6. The summed E-state index contributed by atoms with van der Waals surface area (Å²) in [5.41, 5.74) is 0. The topological polar surface area (TPSA) is 29.1 Å². The number of hydrogen-bond donors (Lipinski definition) is 1. The first-order chi connectivity index (χ1) is 1.91. The molecular weight excluding hydrogens is 232 g/mol. The quantitative estimate of drug-likeness (QED) is 0.478. The molecule has 0 atom stereocenters. The molecule has 2 nitrogen and oxygen atoms in total. The van der Waals surface area contributed by atoms with Crippen molar-refractivity contribution in [2.24, 2.45) is 0 Å². The van der Waals surface area contributed by atoms with E-state index in [9.17, 15) is 0 Å². The third-order valence-corrected chi connectivity index (χ3v) is 0.0722. The summed E-state index contributed by atoms with van der Waals surface area (Å²) in [7, 11) is 2.93. The standard InChI is InChI=1S/C2H3NO.2Y/c1-3-2-4;;/h1H2,(H,3,4);;/q-2;;. The van der Waals surface area contributed by atoms with Gasteiger partial charge in [-0.3, -0.25) is 7.05 Å². The van der Waals surface area contributed by atoms with Crippen molar-refractivity contribution in [3.05, 3.63) is 7.05 Å². The van der Waals surface area contributed by atoms with Crippen LogP contribution < -0.4 is 5.32 Å². The van der Waals surface area contributed by atoms with Crippen LogP contribution in [0.4, 0.5) is 0 Å². The maximum atomic E-state index is 8.88. The fourth-order valence-electron chi connectivity index (χ4n) is 0. The molecule has 0 rings (SSSR count). The summed E-state index contributed by atoms with van der Waals surface area (Å²) in [6.45, 7) is 0. The molecule has 30 valence electrons. The van der Waals surface area contributed by atoms with Crippen molar-refractivity contribution in [1.82, 2.24) is 5.32 Å². The Morgan fingerprint density at radius 1 is 1.50 bits per heavy atom. The molecule has 0 aliphatic rings. The van der Waals surface area contributed by atoms with E-state index in [2.05, 4.69) is 7.05 Å². The van der Waals surface area contributed by atoms with E-state index in [0.29, 0.717) is 0 Å². The van der Waals surface area contributed by atoms with Gasteiger partial charge in [0.05, 0.1) is 0 Å². The van der Waals surface area contributed by atoms with Gasteiger partial charge in [-0.25, -0.2) is 6.41 Å². The van der Waals surface area contributed by atoms with E-state index < -0.39 is 0 Å². The van der Waals surface area contributed by atoms with E-state index in [-0.39, 0.29) is 65.4 Å². The molecule has 2 radical (unpaired) electrons. The Morgan fingerprint density at radius 3 is 1.67 bits per heavy atom. The third kappa shape index (κ3) is 17.3. The molecule has 0 aromatic heterocycles. The summed E-state index contributed by atoms with van der Waals surface area (Å²) in [6.07, 6.45) is 1.32. The van der Waals surface area contributed by atoms with Crippen molar-refractivity contribution in [3.8, 4) is 0 Å². The van der Waals surface area contributed by atoms with Gasteiger partial charge >= 0.3 is 0 Å². The van der Waals surface area contributed by atoms with Crippen LogP contribution in [0.3, 0.4) is 0 Å². The minimum absolute atomic E-state index is 0. The van der Waals surface area contributed by atoms with E-state index in [1.165, 1.54) is 6.41 Å². The molecule has 1 N–H and O–H groups in total. The van der Waals surface area contributed by atoms with Crippen LogP contribution in [0.2, 0.25) is 0 Å². The SMILES string of the molecule is [CH2-]N[C-]=O.[Y].[Y]. The summed E-state index contributed by atoms with van der Waals surface area (Å²) in [5.74, 6) is 0. The molecule has 4 heteroatoms. The zero-order valence-corrected chi connectivity index (χ0v) is 8.95. The van der Waals surface area contributed by atoms with Gasteiger partial charge in [-0.2, -0.15) is 0 Å². The Kier molecular flexibility index (Phi) is 41.5. The van der Waals surface area contributed by atoms with Gasteiger partial charge in [0.25, 0.3) is 0 Å². The molecule has 0 aliphatic carbocycles. The monoisotopic (exact) mass is 235 g/mol. The molecule has 0 bridgehead atoms. The second kappa shape index (κ2) is 15.9. The van der Waals surface area contributed by atoms with Gasteiger partial charge < -0.3 is 10.1 Å². The van der Waals surface area contributed by atoms with Crippen LogP contribution in [0, 0.1) is 7.05 Å². The van der Waals surface area contributed by atoms with Gasteiger partial charge in [0.15, 0.2) is 0 Å². The molecule has 0 aromatic rings. The zero-order chi connectivity index (χ0) is 3.41. The molecule has 0 spiro atoms. The molecule has 0 heterocycles. The second-order valence-corrected chi connectivity index (χ2v) is 0.279. The normalized spacial score (nSPS) is 3.50. The molecule has 0 saturated carbocycles. The maximum absolute atomic E-state index is 8.88. The predicted octanol–water partition coefficient (Wildman–Crippen LogP) is -0.570. The molecular formula is C2H3NOY2-2. The maximum Gasteiger partial charge on any atom is 0 e.